The predicted molar refractivity (Wildman–Crippen MR) is 127 cm³/mol. The van der Waals surface area contributed by atoms with Crippen molar-refractivity contribution in [3.8, 4) is 0 Å². The summed E-state index contributed by atoms with van der Waals surface area (Å²) in [4.78, 5) is 16.5. The number of carbonyl (C=O) groups is 1. The molecule has 1 aromatic heterocycles. The number of alkyl carbamates (subject to hydrolysis) is 1. The molecule has 4 N–H and O–H groups in total. The molecule has 198 valence electrons. The number of pyridine rings is 1. The number of aromatic nitrogens is 1. The molecule has 1 aromatic rings. The monoisotopic (exact) mass is 518 g/mol. The lowest BCUT2D eigenvalue weighted by atomic mass is 9.83. The van der Waals surface area contributed by atoms with Gasteiger partial charge < -0.3 is 20.5 Å². The SMILES string of the molecule is CC(C)(C)OC(=O)N[C@@H](C1CCCCC1)[C@H](O)Nc1cc(C2CC2)c(S(=O)(=O)NCC(F)F)cn1. The number of nitrogens with one attached hydrogen (secondary N) is 3. The first-order valence-corrected chi connectivity index (χ1v) is 13.6. The number of nitrogens with zero attached hydrogens (tertiary/aromatic N) is 1. The van der Waals surface area contributed by atoms with E-state index in [1.165, 1.54) is 6.07 Å². The highest BCUT2D eigenvalue weighted by atomic mass is 32.2. The van der Waals surface area contributed by atoms with Crippen molar-refractivity contribution >= 4 is 21.9 Å². The van der Waals surface area contributed by atoms with Crippen LogP contribution in [-0.4, -0.2) is 55.4 Å². The van der Waals surface area contributed by atoms with Gasteiger partial charge in [0.2, 0.25) is 10.0 Å². The lowest BCUT2D eigenvalue weighted by Crippen LogP contribution is -2.52. The molecule has 2 aliphatic carbocycles. The largest absolute Gasteiger partial charge is 0.444 e. The van der Waals surface area contributed by atoms with Crippen molar-refractivity contribution in [2.24, 2.45) is 5.92 Å². The molecule has 2 saturated carbocycles. The third kappa shape index (κ3) is 8.25. The number of aliphatic hydroxyl groups excluding tert-OH is 1. The normalized spacial score (nSPS) is 19.3. The molecule has 0 bridgehead atoms. The number of ether oxygens (including phenoxy) is 1. The number of alkyl halides is 2. The summed E-state index contributed by atoms with van der Waals surface area (Å²) >= 11 is 0. The Labute approximate surface area is 205 Å². The van der Waals surface area contributed by atoms with E-state index in [0.717, 1.165) is 51.1 Å². The molecule has 2 aliphatic rings. The zero-order valence-electron chi connectivity index (χ0n) is 20.4. The number of rotatable bonds is 10. The van der Waals surface area contributed by atoms with E-state index in [4.69, 9.17) is 4.74 Å². The fraction of sp³-hybridized carbons (Fsp3) is 0.739. The Balaban J connectivity index is 1.79. The summed E-state index contributed by atoms with van der Waals surface area (Å²) < 4.78 is 57.5. The van der Waals surface area contributed by atoms with Crippen molar-refractivity contribution < 1.29 is 31.8 Å². The lowest BCUT2D eigenvalue weighted by molar-refractivity contribution is 0.0366. The maximum Gasteiger partial charge on any atom is 0.408 e. The van der Waals surface area contributed by atoms with Gasteiger partial charge >= 0.3 is 6.09 Å². The molecule has 3 rings (SSSR count). The van der Waals surface area contributed by atoms with Crippen LogP contribution in [0.15, 0.2) is 17.2 Å². The van der Waals surface area contributed by atoms with E-state index in [1.807, 2.05) is 4.72 Å². The van der Waals surface area contributed by atoms with Gasteiger partial charge in [-0.2, -0.15) is 0 Å². The van der Waals surface area contributed by atoms with Crippen LogP contribution in [0.25, 0.3) is 0 Å². The number of aliphatic hydroxyl groups is 1. The van der Waals surface area contributed by atoms with E-state index in [9.17, 15) is 27.1 Å². The van der Waals surface area contributed by atoms with Gasteiger partial charge in [0.15, 0.2) is 0 Å². The van der Waals surface area contributed by atoms with Gasteiger partial charge in [-0.25, -0.2) is 31.7 Å². The van der Waals surface area contributed by atoms with Crippen LogP contribution in [0.3, 0.4) is 0 Å². The highest BCUT2D eigenvalue weighted by molar-refractivity contribution is 7.89. The third-order valence-electron chi connectivity index (χ3n) is 6.11. The van der Waals surface area contributed by atoms with Crippen molar-refractivity contribution in [1.82, 2.24) is 15.0 Å². The number of sulfonamides is 1. The zero-order valence-corrected chi connectivity index (χ0v) is 21.2. The van der Waals surface area contributed by atoms with E-state index in [0.29, 0.717) is 5.56 Å². The molecule has 0 radical (unpaired) electrons. The first-order valence-electron chi connectivity index (χ1n) is 12.1. The van der Waals surface area contributed by atoms with Crippen molar-refractivity contribution in [1.29, 1.82) is 0 Å². The maximum atomic E-state index is 12.6. The van der Waals surface area contributed by atoms with Gasteiger partial charge in [-0.15, -0.1) is 0 Å². The molecular formula is C23H36F2N4O5S. The minimum Gasteiger partial charge on any atom is -0.444 e. The Morgan fingerprint density at radius 3 is 2.43 bits per heavy atom. The van der Waals surface area contributed by atoms with Crippen LogP contribution < -0.4 is 15.4 Å². The van der Waals surface area contributed by atoms with Crippen LogP contribution in [-0.2, 0) is 14.8 Å². The summed E-state index contributed by atoms with van der Waals surface area (Å²) in [5, 5.41) is 16.7. The minimum atomic E-state index is -4.16. The van der Waals surface area contributed by atoms with E-state index in [-0.39, 0.29) is 22.5 Å². The van der Waals surface area contributed by atoms with Gasteiger partial charge in [0, 0.05) is 6.20 Å². The van der Waals surface area contributed by atoms with Gasteiger partial charge in [-0.1, -0.05) is 19.3 Å². The molecule has 0 saturated heterocycles. The van der Waals surface area contributed by atoms with Crippen LogP contribution >= 0.6 is 0 Å². The number of carbonyl (C=O) groups excluding carboxylic acids is 1. The number of hydrogen-bond donors (Lipinski definition) is 4. The van der Waals surface area contributed by atoms with E-state index in [1.54, 1.807) is 20.8 Å². The molecule has 2 atom stereocenters. The summed E-state index contributed by atoms with van der Waals surface area (Å²) in [5.74, 6) is 0.238. The summed E-state index contributed by atoms with van der Waals surface area (Å²) in [6.45, 7) is 4.29. The molecule has 2 fully saturated rings. The Morgan fingerprint density at radius 1 is 1.20 bits per heavy atom. The Morgan fingerprint density at radius 2 is 1.86 bits per heavy atom. The summed E-state index contributed by atoms with van der Waals surface area (Å²) in [7, 11) is -4.16. The average molecular weight is 519 g/mol. The summed E-state index contributed by atoms with van der Waals surface area (Å²) in [5.41, 5.74) is -0.231. The molecular weight excluding hydrogens is 482 g/mol. The molecule has 0 aliphatic heterocycles. The fourth-order valence-corrected chi connectivity index (χ4v) is 5.59. The van der Waals surface area contributed by atoms with Crippen LogP contribution in [0.5, 0.6) is 0 Å². The van der Waals surface area contributed by atoms with Crippen LogP contribution in [0, 0.1) is 5.92 Å². The number of anilines is 1. The standard InChI is InChI=1S/C23H36F2N4O5S/c1-23(2,3)34-22(31)29-20(15-7-5-4-6-8-15)21(30)28-19-11-16(14-9-10-14)17(12-26-19)35(32,33)27-13-18(24)25/h11-12,14-15,18,20-21,27,30H,4-10,13H2,1-3H3,(H,26,28)(H,29,31)/t20-,21-/m0/s1. The lowest BCUT2D eigenvalue weighted by Gasteiger charge is -2.35. The van der Waals surface area contributed by atoms with Gasteiger partial charge in [0.1, 0.15) is 22.5 Å². The summed E-state index contributed by atoms with van der Waals surface area (Å²) in [6, 6.07) is 0.885. The molecule has 1 amide bonds. The molecule has 0 unspecified atom stereocenters. The second kappa shape index (κ2) is 11.3. The van der Waals surface area contributed by atoms with Gasteiger partial charge in [-0.3, -0.25) is 0 Å². The molecule has 9 nitrogen and oxygen atoms in total. The minimum absolute atomic E-state index is 0.0251. The van der Waals surface area contributed by atoms with E-state index >= 15 is 0 Å². The van der Waals surface area contributed by atoms with Crippen molar-refractivity contribution in [2.45, 2.75) is 101 Å². The number of hydrogen-bond acceptors (Lipinski definition) is 7. The highest BCUT2D eigenvalue weighted by Crippen LogP contribution is 2.43. The van der Waals surface area contributed by atoms with Gasteiger partial charge in [-0.05, 0) is 69.9 Å². The van der Waals surface area contributed by atoms with E-state index in [2.05, 4.69) is 15.6 Å². The Bertz CT molecular complexity index is 977. The smallest absolute Gasteiger partial charge is 0.408 e. The second-order valence-corrected chi connectivity index (χ2v) is 12.0. The van der Waals surface area contributed by atoms with E-state index < -0.39 is 47.0 Å². The molecule has 1 heterocycles. The fourth-order valence-electron chi connectivity index (χ4n) is 4.36. The zero-order chi connectivity index (χ0) is 25.8. The van der Waals surface area contributed by atoms with Crippen LogP contribution in [0.2, 0.25) is 0 Å². The first-order chi connectivity index (χ1) is 16.4. The van der Waals surface area contributed by atoms with Crippen LogP contribution in [0.4, 0.5) is 19.4 Å². The maximum absolute atomic E-state index is 12.6. The third-order valence-corrected chi connectivity index (χ3v) is 7.58. The molecule has 0 aromatic carbocycles. The summed E-state index contributed by atoms with van der Waals surface area (Å²) in [6.07, 6.45) is 2.78. The topological polar surface area (TPSA) is 130 Å². The first kappa shape index (κ1) is 27.5. The molecule has 0 spiro atoms. The van der Waals surface area contributed by atoms with Crippen molar-refractivity contribution in [2.75, 3.05) is 11.9 Å². The average Bonchev–Trinajstić information content (AvgIpc) is 3.61. The predicted octanol–water partition coefficient (Wildman–Crippen LogP) is 3.71. The number of halogens is 2. The Kier molecular flexibility index (Phi) is 8.92. The van der Waals surface area contributed by atoms with Gasteiger partial charge in [0.05, 0.1) is 12.6 Å². The number of amides is 1. The Hall–Kier alpha value is -2.05. The van der Waals surface area contributed by atoms with Gasteiger partial charge in [0.25, 0.3) is 6.43 Å². The van der Waals surface area contributed by atoms with Crippen molar-refractivity contribution in [3.05, 3.63) is 17.8 Å². The second-order valence-electron chi connectivity index (χ2n) is 10.3. The molecule has 35 heavy (non-hydrogen) atoms. The van der Waals surface area contributed by atoms with Crippen molar-refractivity contribution in [3.63, 3.8) is 0 Å². The quantitative estimate of drug-likeness (QED) is 0.348. The van der Waals surface area contributed by atoms with Crippen LogP contribution in [0.1, 0.15) is 77.2 Å². The molecule has 12 heteroatoms. The highest BCUT2D eigenvalue weighted by Gasteiger charge is 2.34.